The average molecular weight is 310 g/mol. The Morgan fingerprint density at radius 3 is 2.73 bits per heavy atom. The van der Waals surface area contributed by atoms with Crippen LogP contribution in [0.15, 0.2) is 30.5 Å². The van der Waals surface area contributed by atoms with Gasteiger partial charge in [0.25, 0.3) is 0 Å². The molecule has 2 aromatic rings. The SMILES string of the molecule is O=C(O)C1CCn2cc(-c3ccccc3C(F)(F)F)nc2C1. The van der Waals surface area contributed by atoms with Crippen LogP contribution in [0.4, 0.5) is 13.2 Å². The summed E-state index contributed by atoms with van der Waals surface area (Å²) in [6.45, 7) is 0.452. The summed E-state index contributed by atoms with van der Waals surface area (Å²) >= 11 is 0. The lowest BCUT2D eigenvalue weighted by Gasteiger charge is -2.19. The number of hydrogen-bond acceptors (Lipinski definition) is 2. The van der Waals surface area contributed by atoms with Crippen LogP contribution in [0.1, 0.15) is 17.8 Å². The Hall–Kier alpha value is -2.31. The van der Waals surface area contributed by atoms with E-state index in [4.69, 9.17) is 5.11 Å². The van der Waals surface area contributed by atoms with Crippen LogP contribution in [-0.4, -0.2) is 20.6 Å². The first kappa shape index (κ1) is 14.6. The summed E-state index contributed by atoms with van der Waals surface area (Å²) in [7, 11) is 0. The Balaban J connectivity index is 2.01. The number of carboxylic acid groups (broad SMARTS) is 1. The van der Waals surface area contributed by atoms with E-state index in [1.807, 2.05) is 0 Å². The molecule has 0 radical (unpaired) electrons. The lowest BCUT2D eigenvalue weighted by atomic mass is 9.98. The smallest absolute Gasteiger partial charge is 0.417 e. The van der Waals surface area contributed by atoms with Crippen molar-refractivity contribution >= 4 is 5.97 Å². The van der Waals surface area contributed by atoms with Crippen LogP contribution in [0.25, 0.3) is 11.3 Å². The van der Waals surface area contributed by atoms with Gasteiger partial charge in [-0.25, -0.2) is 4.98 Å². The highest BCUT2D eigenvalue weighted by Gasteiger charge is 2.34. The fourth-order valence-corrected chi connectivity index (χ4v) is 2.72. The molecule has 1 unspecified atom stereocenters. The number of rotatable bonds is 2. The van der Waals surface area contributed by atoms with Crippen molar-refractivity contribution < 1.29 is 23.1 Å². The molecule has 1 aliphatic rings. The van der Waals surface area contributed by atoms with E-state index < -0.39 is 23.6 Å². The second-order valence-electron chi connectivity index (χ2n) is 5.31. The predicted molar refractivity (Wildman–Crippen MR) is 72.1 cm³/mol. The van der Waals surface area contributed by atoms with Gasteiger partial charge in [-0.2, -0.15) is 13.2 Å². The first-order valence-corrected chi connectivity index (χ1v) is 6.81. The number of carboxylic acids is 1. The molecule has 0 fully saturated rings. The van der Waals surface area contributed by atoms with Crippen molar-refractivity contribution in [3.05, 3.63) is 41.9 Å². The summed E-state index contributed by atoms with van der Waals surface area (Å²) in [6.07, 6.45) is -2.19. The maximum absolute atomic E-state index is 13.1. The van der Waals surface area contributed by atoms with Gasteiger partial charge in [0.05, 0.1) is 17.2 Å². The highest BCUT2D eigenvalue weighted by Crippen LogP contribution is 2.37. The van der Waals surface area contributed by atoms with Crippen molar-refractivity contribution in [2.24, 2.45) is 5.92 Å². The van der Waals surface area contributed by atoms with E-state index >= 15 is 0 Å². The van der Waals surface area contributed by atoms with Gasteiger partial charge >= 0.3 is 12.1 Å². The number of fused-ring (bicyclic) bond motifs is 1. The van der Waals surface area contributed by atoms with E-state index in [1.165, 1.54) is 18.2 Å². The summed E-state index contributed by atoms with van der Waals surface area (Å²) in [4.78, 5) is 15.3. The Morgan fingerprint density at radius 2 is 2.05 bits per heavy atom. The highest BCUT2D eigenvalue weighted by atomic mass is 19.4. The van der Waals surface area contributed by atoms with Gasteiger partial charge in [-0.15, -0.1) is 0 Å². The summed E-state index contributed by atoms with van der Waals surface area (Å²) in [5.74, 6) is -0.905. The molecule has 7 heteroatoms. The van der Waals surface area contributed by atoms with Crippen LogP contribution >= 0.6 is 0 Å². The van der Waals surface area contributed by atoms with Crippen molar-refractivity contribution in [2.75, 3.05) is 0 Å². The van der Waals surface area contributed by atoms with Gasteiger partial charge in [0, 0.05) is 24.7 Å². The Morgan fingerprint density at radius 1 is 1.32 bits per heavy atom. The molecule has 0 aliphatic carbocycles. The molecule has 4 nitrogen and oxygen atoms in total. The molecule has 1 aliphatic heterocycles. The Kier molecular flexibility index (Phi) is 3.42. The van der Waals surface area contributed by atoms with Crippen molar-refractivity contribution in [3.8, 4) is 11.3 Å². The molecule has 1 N–H and O–H groups in total. The van der Waals surface area contributed by atoms with Gasteiger partial charge < -0.3 is 9.67 Å². The van der Waals surface area contributed by atoms with E-state index in [1.54, 1.807) is 10.8 Å². The van der Waals surface area contributed by atoms with Gasteiger partial charge in [0.2, 0.25) is 0 Å². The number of benzene rings is 1. The number of nitrogens with zero attached hydrogens (tertiary/aromatic N) is 2. The normalized spacial score (nSPS) is 18.0. The second-order valence-corrected chi connectivity index (χ2v) is 5.31. The standard InChI is InChI=1S/C15H13F3N2O2/c16-15(17,18)11-4-2-1-3-10(11)12-8-20-6-5-9(14(21)22)7-13(20)19-12/h1-4,8-9H,5-7H2,(H,21,22). The first-order valence-electron chi connectivity index (χ1n) is 6.81. The van der Waals surface area contributed by atoms with Crippen LogP contribution in [0.5, 0.6) is 0 Å². The Labute approximate surface area is 124 Å². The van der Waals surface area contributed by atoms with E-state index in [2.05, 4.69) is 4.98 Å². The van der Waals surface area contributed by atoms with Crippen molar-refractivity contribution in [2.45, 2.75) is 25.6 Å². The number of hydrogen-bond donors (Lipinski definition) is 1. The predicted octanol–water partition coefficient (Wildman–Crippen LogP) is 3.22. The third-order valence-corrected chi connectivity index (χ3v) is 3.86. The summed E-state index contributed by atoms with van der Waals surface area (Å²) < 4.78 is 41.0. The monoisotopic (exact) mass is 310 g/mol. The molecule has 1 atom stereocenters. The molecular weight excluding hydrogens is 297 g/mol. The number of halogens is 3. The zero-order chi connectivity index (χ0) is 15.9. The average Bonchev–Trinajstić information content (AvgIpc) is 2.89. The van der Waals surface area contributed by atoms with Crippen LogP contribution in [0.3, 0.4) is 0 Å². The first-order chi connectivity index (χ1) is 10.4. The molecule has 0 amide bonds. The third-order valence-electron chi connectivity index (χ3n) is 3.86. The van der Waals surface area contributed by atoms with Crippen molar-refractivity contribution in [3.63, 3.8) is 0 Å². The number of carbonyl (C=O) groups is 1. The Bertz CT molecular complexity index is 722. The van der Waals surface area contributed by atoms with Crippen LogP contribution < -0.4 is 0 Å². The number of alkyl halides is 3. The van der Waals surface area contributed by atoms with Gasteiger partial charge in [-0.1, -0.05) is 18.2 Å². The number of aromatic nitrogens is 2. The summed E-state index contributed by atoms with van der Waals surface area (Å²) in [5, 5.41) is 9.05. The highest BCUT2D eigenvalue weighted by molar-refractivity contribution is 5.70. The van der Waals surface area contributed by atoms with E-state index in [0.717, 1.165) is 6.07 Å². The van der Waals surface area contributed by atoms with E-state index in [9.17, 15) is 18.0 Å². The minimum Gasteiger partial charge on any atom is -0.481 e. The van der Waals surface area contributed by atoms with Crippen LogP contribution in [-0.2, 0) is 23.9 Å². The molecule has 1 aromatic heterocycles. The lowest BCUT2D eigenvalue weighted by Crippen LogP contribution is -2.25. The maximum atomic E-state index is 13.1. The number of aliphatic carboxylic acids is 1. The molecule has 0 spiro atoms. The summed E-state index contributed by atoms with van der Waals surface area (Å²) in [5.41, 5.74) is -0.488. The fourth-order valence-electron chi connectivity index (χ4n) is 2.72. The molecule has 0 saturated heterocycles. The zero-order valence-electron chi connectivity index (χ0n) is 11.5. The van der Waals surface area contributed by atoms with E-state index in [0.29, 0.717) is 18.8 Å². The molecule has 116 valence electrons. The number of imidazole rings is 1. The van der Waals surface area contributed by atoms with Crippen molar-refractivity contribution in [1.29, 1.82) is 0 Å². The summed E-state index contributed by atoms with van der Waals surface area (Å²) in [6, 6.07) is 5.27. The second kappa shape index (κ2) is 5.15. The molecule has 0 bridgehead atoms. The van der Waals surface area contributed by atoms with Gasteiger partial charge in [0.1, 0.15) is 5.82 Å². The van der Waals surface area contributed by atoms with Gasteiger partial charge in [0.15, 0.2) is 0 Å². The molecule has 3 rings (SSSR count). The zero-order valence-corrected chi connectivity index (χ0v) is 11.5. The quantitative estimate of drug-likeness (QED) is 0.926. The molecule has 22 heavy (non-hydrogen) atoms. The topological polar surface area (TPSA) is 55.1 Å². The van der Waals surface area contributed by atoms with Crippen LogP contribution in [0.2, 0.25) is 0 Å². The maximum Gasteiger partial charge on any atom is 0.417 e. The number of aryl methyl sites for hydroxylation is 1. The lowest BCUT2D eigenvalue weighted by molar-refractivity contribution is -0.142. The van der Waals surface area contributed by atoms with Gasteiger partial charge in [-0.05, 0) is 12.5 Å². The van der Waals surface area contributed by atoms with Gasteiger partial charge in [-0.3, -0.25) is 4.79 Å². The van der Waals surface area contributed by atoms with Crippen molar-refractivity contribution in [1.82, 2.24) is 9.55 Å². The van der Waals surface area contributed by atoms with E-state index in [-0.39, 0.29) is 17.7 Å². The minimum absolute atomic E-state index is 0.0174. The molecule has 1 aromatic carbocycles. The fraction of sp³-hybridized carbons (Fsp3) is 0.333. The molecule has 0 saturated carbocycles. The minimum atomic E-state index is -4.45. The molecule has 2 heterocycles. The third kappa shape index (κ3) is 2.58. The van der Waals surface area contributed by atoms with Crippen LogP contribution in [0, 0.1) is 5.92 Å². The molecular formula is C15H13F3N2O2. The largest absolute Gasteiger partial charge is 0.481 e.